The number of aromatic nitrogens is 2. The van der Waals surface area contributed by atoms with Gasteiger partial charge in [0.05, 0.1) is 21.0 Å². The van der Waals surface area contributed by atoms with Crippen molar-refractivity contribution in [3.05, 3.63) is 69.3 Å². The smallest absolute Gasteiger partial charge is 0.188 e. The lowest BCUT2D eigenvalue weighted by molar-refractivity contribution is 0.559. The first-order chi connectivity index (χ1) is 12.9. The summed E-state index contributed by atoms with van der Waals surface area (Å²) in [6.45, 7) is 2.01. The van der Waals surface area contributed by atoms with Crippen LogP contribution in [0.3, 0.4) is 0 Å². The number of hydrogen-bond donors (Lipinski definition) is 1. The average molecular weight is 421 g/mol. The highest BCUT2D eigenvalue weighted by Crippen LogP contribution is 2.45. The fourth-order valence-electron chi connectivity index (χ4n) is 3.67. The second kappa shape index (κ2) is 6.97. The Kier molecular flexibility index (Phi) is 4.78. The Labute approximate surface area is 168 Å². The molecule has 0 aliphatic heterocycles. The van der Waals surface area contributed by atoms with E-state index >= 15 is 0 Å². The van der Waals surface area contributed by atoms with E-state index in [2.05, 4.69) is 10.2 Å². The number of aromatic amines is 1. The fourth-order valence-corrected chi connectivity index (χ4v) is 6.72. The van der Waals surface area contributed by atoms with E-state index < -0.39 is 15.1 Å². The number of rotatable bonds is 3. The molecule has 0 fully saturated rings. The molecular weight excluding hydrogens is 403 g/mol. The third kappa shape index (κ3) is 3.18. The van der Waals surface area contributed by atoms with E-state index in [4.69, 9.17) is 23.2 Å². The average Bonchev–Trinajstić information content (AvgIpc) is 3.06. The maximum atomic E-state index is 13.5. The van der Waals surface area contributed by atoms with E-state index in [1.165, 1.54) is 0 Å². The Morgan fingerprint density at radius 1 is 1.07 bits per heavy atom. The third-order valence-corrected chi connectivity index (χ3v) is 8.08. The second-order valence-corrected chi connectivity index (χ2v) is 9.69. The Morgan fingerprint density at radius 3 is 2.41 bits per heavy atom. The van der Waals surface area contributed by atoms with Crippen molar-refractivity contribution >= 4 is 33.0 Å². The number of H-pyrrole nitrogens is 1. The number of benzene rings is 2. The molecule has 1 aliphatic carbocycles. The molecule has 0 saturated carbocycles. The number of nitrogens with one attached hydrogen (secondary N) is 1. The lowest BCUT2D eigenvalue weighted by Gasteiger charge is -2.24. The molecule has 2 aromatic carbocycles. The van der Waals surface area contributed by atoms with E-state index in [1.54, 1.807) is 18.2 Å². The molecule has 1 aliphatic rings. The predicted octanol–water partition coefficient (Wildman–Crippen LogP) is 5.54. The molecule has 140 valence electrons. The van der Waals surface area contributed by atoms with Gasteiger partial charge < -0.3 is 0 Å². The van der Waals surface area contributed by atoms with Gasteiger partial charge in [-0.1, -0.05) is 59.1 Å². The Hall–Kier alpha value is -1.82. The van der Waals surface area contributed by atoms with Crippen LogP contribution in [-0.4, -0.2) is 18.6 Å². The summed E-state index contributed by atoms with van der Waals surface area (Å²) in [6, 6.07) is 12.7. The first kappa shape index (κ1) is 18.5. The van der Waals surface area contributed by atoms with Crippen molar-refractivity contribution in [1.82, 2.24) is 10.2 Å². The van der Waals surface area contributed by atoms with Gasteiger partial charge in [-0.2, -0.15) is 5.10 Å². The lowest BCUT2D eigenvalue weighted by Crippen LogP contribution is -2.20. The maximum Gasteiger partial charge on any atom is 0.188 e. The Bertz CT molecular complexity index is 1090. The molecule has 1 N–H and O–H groups in total. The molecule has 3 aromatic rings. The minimum atomic E-state index is -3.77. The van der Waals surface area contributed by atoms with Gasteiger partial charge in [-0.3, -0.25) is 5.10 Å². The number of hydrogen-bond acceptors (Lipinski definition) is 3. The van der Waals surface area contributed by atoms with Crippen LogP contribution in [0.4, 0.5) is 0 Å². The minimum Gasteiger partial charge on any atom is -0.282 e. The van der Waals surface area contributed by atoms with Gasteiger partial charge in [0, 0.05) is 16.8 Å². The van der Waals surface area contributed by atoms with Crippen LogP contribution >= 0.6 is 23.2 Å². The molecule has 27 heavy (non-hydrogen) atoms. The Morgan fingerprint density at radius 2 is 1.74 bits per heavy atom. The first-order valence-corrected chi connectivity index (χ1v) is 11.0. The quantitative estimate of drug-likeness (QED) is 0.604. The number of sulfone groups is 1. The standard InChI is InChI=1S/C20H18Cl2N2O2S/c1-12-8-10-13(11-9-12)19-18-16(23-24-19)6-3-7-17(18)27(25,26)20-14(21)4-2-5-15(20)22/h2,4-5,8-11,17H,3,6-7H2,1H3,(H,23,24). The summed E-state index contributed by atoms with van der Waals surface area (Å²) in [5.41, 5.74) is 4.32. The zero-order chi connectivity index (χ0) is 19.2. The van der Waals surface area contributed by atoms with E-state index in [1.807, 2.05) is 31.2 Å². The molecule has 1 unspecified atom stereocenters. The third-order valence-electron chi connectivity index (χ3n) is 5.00. The van der Waals surface area contributed by atoms with Crippen LogP contribution in [0.25, 0.3) is 11.3 Å². The van der Waals surface area contributed by atoms with Crippen LogP contribution in [-0.2, 0) is 16.3 Å². The first-order valence-electron chi connectivity index (χ1n) is 8.71. The normalized spacial score (nSPS) is 16.9. The molecule has 4 rings (SSSR count). The zero-order valence-electron chi connectivity index (χ0n) is 14.7. The SMILES string of the molecule is Cc1ccc(-c2n[nH]c3c2C(S(=O)(=O)c2c(Cl)cccc2Cl)CCC3)cc1. The van der Waals surface area contributed by atoms with Crippen molar-refractivity contribution in [2.24, 2.45) is 0 Å². The largest absolute Gasteiger partial charge is 0.282 e. The molecule has 1 heterocycles. The van der Waals surface area contributed by atoms with Crippen LogP contribution in [0, 0.1) is 6.92 Å². The summed E-state index contributed by atoms with van der Waals surface area (Å²) in [5, 5.41) is 7.05. The lowest BCUT2D eigenvalue weighted by atomic mass is 9.93. The van der Waals surface area contributed by atoms with Gasteiger partial charge in [-0.25, -0.2) is 8.42 Å². The van der Waals surface area contributed by atoms with Gasteiger partial charge >= 0.3 is 0 Å². The highest BCUT2D eigenvalue weighted by atomic mass is 35.5. The van der Waals surface area contributed by atoms with Crippen molar-refractivity contribution in [3.8, 4) is 11.3 Å². The predicted molar refractivity (Wildman–Crippen MR) is 108 cm³/mol. The summed E-state index contributed by atoms with van der Waals surface area (Å²) in [4.78, 5) is 0.00207. The number of nitrogens with zero attached hydrogens (tertiary/aromatic N) is 1. The maximum absolute atomic E-state index is 13.5. The minimum absolute atomic E-state index is 0.00207. The molecule has 0 bridgehead atoms. The highest BCUT2D eigenvalue weighted by Gasteiger charge is 2.38. The molecular formula is C20H18Cl2N2O2S. The molecule has 0 amide bonds. The summed E-state index contributed by atoms with van der Waals surface area (Å²) in [7, 11) is -3.77. The summed E-state index contributed by atoms with van der Waals surface area (Å²) < 4.78 is 27.0. The van der Waals surface area contributed by atoms with Gasteiger partial charge in [-0.15, -0.1) is 0 Å². The molecule has 1 atom stereocenters. The number of halogens is 2. The van der Waals surface area contributed by atoms with Crippen molar-refractivity contribution < 1.29 is 8.42 Å². The topological polar surface area (TPSA) is 62.8 Å². The Balaban J connectivity index is 1.89. The molecule has 0 saturated heterocycles. The van der Waals surface area contributed by atoms with Gasteiger partial charge in [-0.05, 0) is 38.3 Å². The van der Waals surface area contributed by atoms with Gasteiger partial charge in [0.2, 0.25) is 0 Å². The van der Waals surface area contributed by atoms with E-state index in [0.717, 1.165) is 35.2 Å². The van der Waals surface area contributed by atoms with Crippen LogP contribution < -0.4 is 0 Å². The van der Waals surface area contributed by atoms with Crippen LogP contribution in [0.5, 0.6) is 0 Å². The van der Waals surface area contributed by atoms with Crippen LogP contribution in [0.2, 0.25) is 10.0 Å². The molecule has 0 radical (unpaired) electrons. The summed E-state index contributed by atoms with van der Waals surface area (Å²) in [6.07, 6.45) is 2.04. The van der Waals surface area contributed by atoms with Crippen molar-refractivity contribution in [2.75, 3.05) is 0 Å². The van der Waals surface area contributed by atoms with Gasteiger partial charge in [0.1, 0.15) is 4.90 Å². The van der Waals surface area contributed by atoms with Crippen molar-refractivity contribution in [3.63, 3.8) is 0 Å². The number of aryl methyl sites for hydroxylation is 2. The van der Waals surface area contributed by atoms with Gasteiger partial charge in [0.25, 0.3) is 0 Å². The highest BCUT2D eigenvalue weighted by molar-refractivity contribution is 7.92. The van der Waals surface area contributed by atoms with Crippen LogP contribution in [0.1, 0.15) is 34.9 Å². The molecule has 7 heteroatoms. The molecule has 0 spiro atoms. The van der Waals surface area contributed by atoms with Crippen molar-refractivity contribution in [1.29, 1.82) is 0 Å². The summed E-state index contributed by atoms with van der Waals surface area (Å²) >= 11 is 12.4. The van der Waals surface area contributed by atoms with E-state index in [-0.39, 0.29) is 14.9 Å². The zero-order valence-corrected chi connectivity index (χ0v) is 17.0. The van der Waals surface area contributed by atoms with Crippen LogP contribution in [0.15, 0.2) is 47.4 Å². The monoisotopic (exact) mass is 420 g/mol. The summed E-state index contributed by atoms with van der Waals surface area (Å²) in [5.74, 6) is 0. The second-order valence-electron chi connectivity index (χ2n) is 6.81. The molecule has 1 aromatic heterocycles. The van der Waals surface area contributed by atoms with E-state index in [0.29, 0.717) is 12.1 Å². The fraction of sp³-hybridized carbons (Fsp3) is 0.250. The molecule has 4 nitrogen and oxygen atoms in total. The van der Waals surface area contributed by atoms with E-state index in [9.17, 15) is 8.42 Å². The van der Waals surface area contributed by atoms with Crippen molar-refractivity contribution in [2.45, 2.75) is 36.3 Å². The van der Waals surface area contributed by atoms with Gasteiger partial charge in [0.15, 0.2) is 9.84 Å². The number of fused-ring (bicyclic) bond motifs is 1.